The zero-order valence-corrected chi connectivity index (χ0v) is 46.6. The highest BCUT2D eigenvalue weighted by molar-refractivity contribution is 6.31. The van der Waals surface area contributed by atoms with Crippen molar-refractivity contribution >= 4 is 41.4 Å². The summed E-state index contributed by atoms with van der Waals surface area (Å²) in [4.78, 5) is 64.8. The minimum absolute atomic E-state index is 0.00371. The number of benzene rings is 5. The Balaban J connectivity index is 0.884. The zero-order chi connectivity index (χ0) is 55.9. The fourth-order valence-corrected chi connectivity index (χ4v) is 10.2. The predicted molar refractivity (Wildman–Crippen MR) is 307 cm³/mol. The predicted octanol–water partition coefficient (Wildman–Crippen LogP) is 12.0. The molecule has 5 aromatic rings. The quantitative estimate of drug-likeness (QED) is 0.0167. The molecule has 3 amide bonds. The summed E-state index contributed by atoms with van der Waals surface area (Å²) < 4.78 is 29.3. The Hall–Kier alpha value is -6.58. The molecule has 0 bridgehead atoms. The Bertz CT molecular complexity index is 2610. The van der Waals surface area contributed by atoms with E-state index in [4.69, 9.17) is 40.4 Å². The number of amides is 3. The molecule has 2 atom stereocenters. The Labute approximate surface area is 471 Å². The second-order valence-electron chi connectivity index (χ2n) is 20.0. The number of unbranched alkanes of at least 4 members (excludes halogenated alkanes) is 9. The molecule has 4 N–H and O–H groups in total. The van der Waals surface area contributed by atoms with E-state index in [0.717, 1.165) is 63.4 Å². The maximum Gasteiger partial charge on any atom is 0.407 e. The van der Waals surface area contributed by atoms with Gasteiger partial charge in [0.25, 0.3) is 0 Å². The summed E-state index contributed by atoms with van der Waals surface area (Å²) in [5.41, 5.74) is 6.12. The molecule has 5 aromatic carbocycles. The van der Waals surface area contributed by atoms with E-state index in [9.17, 15) is 24.0 Å². The molecule has 0 radical (unpaired) electrons. The number of carboxylic acids is 1. The fraction of sp³-hybridized carbons (Fsp3) is 0.453. The molecule has 6 rings (SSSR count). The number of ether oxygens (including phenoxy) is 5. The largest absolute Gasteiger partial charge is 0.481 e. The third-order valence-corrected chi connectivity index (χ3v) is 14.4. The number of halogens is 1. The third-order valence-electron chi connectivity index (χ3n) is 14.1. The molecule has 1 unspecified atom stereocenters. The Morgan fingerprint density at radius 1 is 0.544 bits per heavy atom. The number of fused-ring (bicyclic) bond motifs is 3. The van der Waals surface area contributed by atoms with Gasteiger partial charge in [0.1, 0.15) is 12.6 Å². The molecule has 0 aromatic heterocycles. The number of carbonyl (C=O) groups is 5. The van der Waals surface area contributed by atoms with Crippen LogP contribution in [0, 0.1) is 6.92 Å². The number of alkyl carbamates (subject to hydrolysis) is 1. The van der Waals surface area contributed by atoms with Gasteiger partial charge in [-0.1, -0.05) is 190 Å². The van der Waals surface area contributed by atoms with E-state index in [1.807, 2.05) is 104 Å². The highest BCUT2D eigenvalue weighted by Crippen LogP contribution is 2.45. The summed E-state index contributed by atoms with van der Waals surface area (Å²) in [5.74, 6) is -2.00. The van der Waals surface area contributed by atoms with Crippen LogP contribution in [-0.4, -0.2) is 100 Å². The van der Waals surface area contributed by atoms with E-state index in [0.29, 0.717) is 93.7 Å². The molecule has 1 aliphatic carbocycles. The summed E-state index contributed by atoms with van der Waals surface area (Å²) in [6, 6.07) is 39.7. The lowest BCUT2D eigenvalue weighted by molar-refractivity contribution is -0.157. The van der Waals surface area contributed by atoms with Crippen molar-refractivity contribution in [1.29, 1.82) is 0 Å². The first-order valence-corrected chi connectivity index (χ1v) is 28.6. The van der Waals surface area contributed by atoms with E-state index in [1.165, 1.54) is 22.3 Å². The van der Waals surface area contributed by atoms with Crippen molar-refractivity contribution in [2.45, 2.75) is 127 Å². The number of esters is 1. The van der Waals surface area contributed by atoms with Crippen molar-refractivity contribution < 1.29 is 52.8 Å². The first-order chi connectivity index (χ1) is 38.6. The normalized spacial score (nSPS) is 12.9. The van der Waals surface area contributed by atoms with Gasteiger partial charge in [0.05, 0.1) is 26.4 Å². The van der Waals surface area contributed by atoms with Crippen molar-refractivity contribution in [1.82, 2.24) is 16.0 Å². The molecule has 424 valence electrons. The van der Waals surface area contributed by atoms with Gasteiger partial charge < -0.3 is 44.7 Å². The van der Waals surface area contributed by atoms with Crippen molar-refractivity contribution in [3.8, 4) is 11.1 Å². The monoisotopic (exact) mass is 1100 g/mol. The van der Waals surface area contributed by atoms with E-state index in [1.54, 1.807) is 6.07 Å². The number of hydrogen-bond donors (Lipinski definition) is 4. The lowest BCUT2D eigenvalue weighted by Gasteiger charge is -2.37. The van der Waals surface area contributed by atoms with Gasteiger partial charge >= 0.3 is 18.0 Å². The van der Waals surface area contributed by atoms with E-state index in [-0.39, 0.29) is 50.0 Å². The van der Waals surface area contributed by atoms with Crippen LogP contribution in [0.2, 0.25) is 5.02 Å². The molecule has 0 heterocycles. The maximum atomic E-state index is 14.7. The number of carboxylic acid groups (broad SMARTS) is 1. The van der Waals surface area contributed by atoms with Gasteiger partial charge in [0, 0.05) is 73.2 Å². The Morgan fingerprint density at radius 3 is 1.65 bits per heavy atom. The molecular formula is C64H80ClN3O11. The summed E-state index contributed by atoms with van der Waals surface area (Å²) >= 11 is 6.95. The summed E-state index contributed by atoms with van der Waals surface area (Å²) in [6.07, 6.45) is 10.7. The fourth-order valence-electron chi connectivity index (χ4n) is 9.89. The average Bonchev–Trinajstić information content (AvgIpc) is 4.04. The van der Waals surface area contributed by atoms with Gasteiger partial charge in [0.2, 0.25) is 11.8 Å². The van der Waals surface area contributed by atoms with Crippen molar-refractivity contribution in [3.63, 3.8) is 0 Å². The molecule has 79 heavy (non-hydrogen) atoms. The number of hydrogen-bond acceptors (Lipinski definition) is 10. The van der Waals surface area contributed by atoms with Crippen molar-refractivity contribution in [2.24, 2.45) is 0 Å². The van der Waals surface area contributed by atoms with E-state index < -0.39 is 29.7 Å². The van der Waals surface area contributed by atoms with Crippen LogP contribution >= 0.6 is 11.6 Å². The molecule has 15 heteroatoms. The topological polar surface area (TPSA) is 188 Å². The van der Waals surface area contributed by atoms with Crippen LogP contribution in [0.1, 0.15) is 142 Å². The van der Waals surface area contributed by atoms with Crippen LogP contribution < -0.4 is 16.0 Å². The zero-order valence-electron chi connectivity index (χ0n) is 45.9. The molecule has 0 saturated heterocycles. The highest BCUT2D eigenvalue weighted by Gasteiger charge is 2.44. The van der Waals surface area contributed by atoms with Crippen molar-refractivity contribution in [3.05, 3.63) is 166 Å². The van der Waals surface area contributed by atoms with E-state index >= 15 is 0 Å². The third kappa shape index (κ3) is 20.2. The first-order valence-electron chi connectivity index (χ1n) is 28.3. The second kappa shape index (κ2) is 34.4. The minimum Gasteiger partial charge on any atom is -0.481 e. The second-order valence-corrected chi connectivity index (χ2v) is 20.5. The van der Waals surface area contributed by atoms with Gasteiger partial charge in [-0.15, -0.1) is 0 Å². The number of rotatable bonds is 38. The smallest absolute Gasteiger partial charge is 0.407 e. The SMILES string of the molecule is Cc1ccc(C(OC(=O)[C@H](CCC(=O)NCCCOCCOCCOCCCNC(=O)OCC2c3ccccc3-c3ccccc32)NC(=O)CCCCCCCCCCCCC(=O)O)(c2ccccc2)c2ccccc2Cl)cc1. The van der Waals surface area contributed by atoms with Crippen LogP contribution in [0.15, 0.2) is 127 Å². The van der Waals surface area contributed by atoms with Gasteiger partial charge in [-0.3, -0.25) is 14.4 Å². The Morgan fingerprint density at radius 2 is 1.05 bits per heavy atom. The Kier molecular flexibility index (Phi) is 26.9. The first kappa shape index (κ1) is 61.6. The minimum atomic E-state index is -1.50. The molecule has 0 fully saturated rings. The number of aliphatic carboxylic acids is 1. The number of nitrogens with one attached hydrogen (secondary N) is 3. The molecule has 1 aliphatic rings. The lowest BCUT2D eigenvalue weighted by Crippen LogP contribution is -2.46. The molecular weight excluding hydrogens is 1020 g/mol. The highest BCUT2D eigenvalue weighted by atomic mass is 35.5. The van der Waals surface area contributed by atoms with Crippen molar-refractivity contribution in [2.75, 3.05) is 59.3 Å². The van der Waals surface area contributed by atoms with Gasteiger partial charge in [-0.05, 0) is 67.3 Å². The maximum absolute atomic E-state index is 14.7. The van der Waals surface area contributed by atoms with Gasteiger partial charge in [-0.2, -0.15) is 0 Å². The standard InChI is InChI=1S/C64H80ClN3O11/c1-48-33-35-50(36-34-48)64(49-23-11-10-12-24-49,56-29-19-20-30-57(56)65)79-62(73)58(68-60(70)31-13-8-6-4-2-3-5-7-9-14-32-61(71)72)37-38-59(69)66-39-21-41-75-43-45-77-46-44-76-42-22-40-67-63(74)78-47-55-53-27-17-15-25-51(53)52-26-16-18-28-54(52)55/h10-12,15-20,23-30,33-36,55,58H,2-9,13-14,21-22,31-32,37-47H2,1H3,(H,66,69)(H,67,74)(H,68,70)(H,71,72)/t58-,64?/m0/s1. The van der Waals surface area contributed by atoms with Crippen LogP contribution in [0.25, 0.3) is 11.1 Å². The molecule has 14 nitrogen and oxygen atoms in total. The molecule has 0 saturated carbocycles. The van der Waals surface area contributed by atoms with Gasteiger partial charge in [0.15, 0.2) is 5.60 Å². The van der Waals surface area contributed by atoms with Crippen LogP contribution in [0.4, 0.5) is 4.79 Å². The van der Waals surface area contributed by atoms with Crippen LogP contribution in [0.5, 0.6) is 0 Å². The van der Waals surface area contributed by atoms with Gasteiger partial charge in [-0.25, -0.2) is 9.59 Å². The van der Waals surface area contributed by atoms with E-state index in [2.05, 4.69) is 40.2 Å². The summed E-state index contributed by atoms with van der Waals surface area (Å²) in [6.45, 7) is 5.47. The molecule has 0 spiro atoms. The average molecular weight is 1100 g/mol. The number of carbonyl (C=O) groups excluding carboxylic acids is 4. The lowest BCUT2D eigenvalue weighted by atomic mass is 9.79. The molecule has 0 aliphatic heterocycles. The summed E-state index contributed by atoms with van der Waals surface area (Å²) in [5, 5.41) is 17.9. The van der Waals surface area contributed by atoms with Crippen LogP contribution in [-0.2, 0) is 48.5 Å². The summed E-state index contributed by atoms with van der Waals surface area (Å²) in [7, 11) is 0. The number of aryl methyl sites for hydroxylation is 1. The van der Waals surface area contributed by atoms with Crippen LogP contribution in [0.3, 0.4) is 0 Å².